The Morgan fingerprint density at radius 3 is 1.36 bits per heavy atom. The Morgan fingerprint density at radius 1 is 0.680 bits per heavy atom. The van der Waals surface area contributed by atoms with E-state index in [1.54, 1.807) is 12.1 Å². The minimum Gasteiger partial charge on any atom is -0.456 e. The lowest BCUT2D eigenvalue weighted by Crippen LogP contribution is -2.22. The highest BCUT2D eigenvalue weighted by Crippen LogP contribution is 2.32. The lowest BCUT2D eigenvalue weighted by Gasteiger charge is -2.11. The molecule has 0 saturated carbocycles. The second-order valence-electron chi connectivity index (χ2n) is 5.99. The smallest absolute Gasteiger partial charge is 0.242 e. The van der Waals surface area contributed by atoms with Gasteiger partial charge < -0.3 is 4.42 Å². The van der Waals surface area contributed by atoms with Gasteiger partial charge >= 0.3 is 0 Å². The molecule has 0 saturated heterocycles. The quantitative estimate of drug-likeness (QED) is 0.689. The van der Waals surface area contributed by atoms with Crippen molar-refractivity contribution in [2.75, 3.05) is 28.2 Å². The highest BCUT2D eigenvalue weighted by Gasteiger charge is 2.21. The molecule has 1 heterocycles. The van der Waals surface area contributed by atoms with Gasteiger partial charge in [0.2, 0.25) is 20.0 Å². The fourth-order valence-electron chi connectivity index (χ4n) is 2.48. The second kappa shape index (κ2) is 5.80. The number of nitrogens with zero attached hydrogens (tertiary/aromatic N) is 2. The van der Waals surface area contributed by atoms with Crippen LogP contribution in [0.5, 0.6) is 0 Å². The number of hydrogen-bond acceptors (Lipinski definition) is 5. The van der Waals surface area contributed by atoms with Crippen LogP contribution < -0.4 is 0 Å². The molecular formula is C16H18N2O5S2. The molecule has 0 N–H and O–H groups in total. The van der Waals surface area contributed by atoms with Gasteiger partial charge in [0.1, 0.15) is 11.2 Å². The number of benzene rings is 2. The van der Waals surface area contributed by atoms with Gasteiger partial charge in [-0.1, -0.05) is 0 Å². The van der Waals surface area contributed by atoms with Crippen LogP contribution in [-0.2, 0) is 20.0 Å². The maximum absolute atomic E-state index is 12.3. The van der Waals surface area contributed by atoms with E-state index in [0.29, 0.717) is 21.9 Å². The Bertz CT molecular complexity index is 1080. The monoisotopic (exact) mass is 382 g/mol. The van der Waals surface area contributed by atoms with E-state index in [-0.39, 0.29) is 9.79 Å². The average Bonchev–Trinajstić information content (AvgIpc) is 2.91. The van der Waals surface area contributed by atoms with Crippen molar-refractivity contribution in [3.63, 3.8) is 0 Å². The van der Waals surface area contributed by atoms with Crippen molar-refractivity contribution in [2.24, 2.45) is 0 Å². The van der Waals surface area contributed by atoms with Gasteiger partial charge in [0.15, 0.2) is 0 Å². The van der Waals surface area contributed by atoms with E-state index in [0.717, 1.165) is 8.61 Å². The zero-order chi connectivity index (χ0) is 18.6. The standard InChI is InChI=1S/C16H18N2O5S2/c1-17(2)24(19,20)11-5-7-15-13(9-11)14-10-12(6-8-16(14)23-15)25(21,22)18(3)4/h5-10H,1-4H3. The van der Waals surface area contributed by atoms with Crippen molar-refractivity contribution >= 4 is 42.0 Å². The Kier molecular flexibility index (Phi) is 4.15. The van der Waals surface area contributed by atoms with Crippen molar-refractivity contribution < 1.29 is 21.3 Å². The third-order valence-electron chi connectivity index (χ3n) is 3.97. The van der Waals surface area contributed by atoms with E-state index in [4.69, 9.17) is 4.42 Å². The molecular weight excluding hydrogens is 364 g/mol. The zero-order valence-electron chi connectivity index (χ0n) is 14.2. The second-order valence-corrected chi connectivity index (χ2v) is 10.3. The van der Waals surface area contributed by atoms with Gasteiger partial charge in [0.05, 0.1) is 9.79 Å². The van der Waals surface area contributed by atoms with Crippen LogP contribution in [0.3, 0.4) is 0 Å². The van der Waals surface area contributed by atoms with Gasteiger partial charge in [-0.05, 0) is 36.4 Å². The molecule has 0 fully saturated rings. The molecule has 0 amide bonds. The number of rotatable bonds is 4. The topological polar surface area (TPSA) is 87.9 Å². The van der Waals surface area contributed by atoms with Crippen LogP contribution >= 0.6 is 0 Å². The van der Waals surface area contributed by atoms with Crippen LogP contribution in [0.2, 0.25) is 0 Å². The first kappa shape index (κ1) is 17.9. The maximum Gasteiger partial charge on any atom is 0.242 e. The van der Waals surface area contributed by atoms with E-state index in [1.807, 2.05) is 0 Å². The predicted molar refractivity (Wildman–Crippen MR) is 95.5 cm³/mol. The Balaban J connectivity index is 2.31. The molecule has 0 unspecified atom stereocenters. The largest absolute Gasteiger partial charge is 0.456 e. The van der Waals surface area contributed by atoms with Crippen LogP contribution in [0.1, 0.15) is 0 Å². The van der Waals surface area contributed by atoms with E-state index in [2.05, 4.69) is 0 Å². The molecule has 2 aromatic carbocycles. The lowest BCUT2D eigenvalue weighted by atomic mass is 10.1. The number of hydrogen-bond donors (Lipinski definition) is 0. The maximum atomic E-state index is 12.3. The van der Waals surface area contributed by atoms with Crippen LogP contribution in [-0.4, -0.2) is 53.6 Å². The summed E-state index contributed by atoms with van der Waals surface area (Å²) in [5.74, 6) is 0. The van der Waals surface area contributed by atoms with E-state index < -0.39 is 20.0 Å². The average molecular weight is 382 g/mol. The molecule has 3 aromatic rings. The molecule has 0 spiro atoms. The van der Waals surface area contributed by atoms with Gasteiger partial charge in [-0.3, -0.25) is 0 Å². The molecule has 0 aliphatic rings. The van der Waals surface area contributed by atoms with Gasteiger partial charge in [0, 0.05) is 39.0 Å². The molecule has 0 atom stereocenters. The summed E-state index contributed by atoms with van der Waals surface area (Å²) in [5.41, 5.74) is 0.985. The van der Waals surface area contributed by atoms with Crippen LogP contribution in [0, 0.1) is 0 Å². The third kappa shape index (κ3) is 2.82. The molecule has 25 heavy (non-hydrogen) atoms. The van der Waals surface area contributed by atoms with Gasteiger partial charge in [-0.15, -0.1) is 0 Å². The summed E-state index contributed by atoms with van der Waals surface area (Å²) in [7, 11) is -1.39. The van der Waals surface area contributed by atoms with E-state index in [9.17, 15) is 16.8 Å². The molecule has 134 valence electrons. The van der Waals surface area contributed by atoms with Crippen LogP contribution in [0.15, 0.2) is 50.6 Å². The molecule has 1 aromatic heterocycles. The minimum absolute atomic E-state index is 0.119. The van der Waals surface area contributed by atoms with Crippen molar-refractivity contribution in [1.29, 1.82) is 0 Å². The van der Waals surface area contributed by atoms with Crippen LogP contribution in [0.25, 0.3) is 21.9 Å². The third-order valence-corrected chi connectivity index (χ3v) is 7.59. The first-order valence-electron chi connectivity index (χ1n) is 7.36. The molecule has 0 radical (unpaired) electrons. The Morgan fingerprint density at radius 2 is 1.04 bits per heavy atom. The highest BCUT2D eigenvalue weighted by molar-refractivity contribution is 7.89. The normalized spacial score (nSPS) is 13.4. The van der Waals surface area contributed by atoms with E-state index >= 15 is 0 Å². The fraction of sp³-hybridized carbons (Fsp3) is 0.250. The first-order chi connectivity index (χ1) is 11.5. The SMILES string of the molecule is CN(C)S(=O)(=O)c1ccc2oc3ccc(S(=O)(=O)N(C)C)cc3c2c1. The summed E-state index contributed by atoms with van der Waals surface area (Å²) in [5, 5.41) is 1.10. The molecule has 0 aliphatic carbocycles. The summed E-state index contributed by atoms with van der Waals surface area (Å²) in [4.78, 5) is 0.238. The van der Waals surface area contributed by atoms with Gasteiger partial charge in [-0.2, -0.15) is 0 Å². The van der Waals surface area contributed by atoms with Gasteiger partial charge in [-0.25, -0.2) is 25.4 Å². The summed E-state index contributed by atoms with van der Waals surface area (Å²) in [6.45, 7) is 0. The predicted octanol–water partition coefficient (Wildman–Crippen LogP) is 2.09. The Hall–Kier alpha value is -1.94. The molecule has 0 aliphatic heterocycles. The van der Waals surface area contributed by atoms with Crippen molar-refractivity contribution in [2.45, 2.75) is 9.79 Å². The molecule has 3 rings (SSSR count). The summed E-state index contributed by atoms with van der Waals surface area (Å²) in [6, 6.07) is 9.10. The fourth-order valence-corrected chi connectivity index (χ4v) is 4.34. The number of furan rings is 1. The molecule has 9 heteroatoms. The number of sulfonamides is 2. The van der Waals surface area contributed by atoms with Crippen molar-refractivity contribution in [3.8, 4) is 0 Å². The summed E-state index contributed by atoms with van der Waals surface area (Å²) < 4.78 is 57.3. The molecule has 0 bridgehead atoms. The summed E-state index contributed by atoms with van der Waals surface area (Å²) in [6.07, 6.45) is 0. The van der Waals surface area contributed by atoms with E-state index in [1.165, 1.54) is 52.5 Å². The minimum atomic E-state index is -3.60. The number of fused-ring (bicyclic) bond motifs is 3. The van der Waals surface area contributed by atoms with Crippen molar-refractivity contribution in [3.05, 3.63) is 36.4 Å². The zero-order valence-corrected chi connectivity index (χ0v) is 15.8. The van der Waals surface area contributed by atoms with Crippen LogP contribution in [0.4, 0.5) is 0 Å². The lowest BCUT2D eigenvalue weighted by molar-refractivity contribution is 0.520. The Labute approximate surface area is 146 Å². The van der Waals surface area contributed by atoms with Crippen molar-refractivity contribution in [1.82, 2.24) is 8.61 Å². The first-order valence-corrected chi connectivity index (χ1v) is 10.2. The van der Waals surface area contributed by atoms with Gasteiger partial charge in [0.25, 0.3) is 0 Å². The summed E-state index contributed by atoms with van der Waals surface area (Å²) >= 11 is 0. The highest BCUT2D eigenvalue weighted by atomic mass is 32.2. The molecule has 7 nitrogen and oxygen atoms in total.